The SMILES string of the molecule is Cc1cc2ncc(CN(C)C)c([C@H]3CCCN3S(=O)(=O)N3CCCC3)n2n1. The summed E-state index contributed by atoms with van der Waals surface area (Å²) in [5.41, 5.74) is 3.65. The van der Waals surface area contributed by atoms with Gasteiger partial charge in [0.1, 0.15) is 0 Å². The lowest BCUT2D eigenvalue weighted by atomic mass is 10.1. The normalized spacial score (nSPS) is 22.4. The van der Waals surface area contributed by atoms with Crippen LogP contribution in [0.15, 0.2) is 12.3 Å². The highest BCUT2D eigenvalue weighted by Crippen LogP contribution is 2.37. The summed E-state index contributed by atoms with van der Waals surface area (Å²) in [5, 5.41) is 4.64. The molecule has 8 nitrogen and oxygen atoms in total. The maximum Gasteiger partial charge on any atom is 0.282 e. The van der Waals surface area contributed by atoms with Crippen molar-refractivity contribution in [3.63, 3.8) is 0 Å². The highest BCUT2D eigenvalue weighted by molar-refractivity contribution is 7.86. The summed E-state index contributed by atoms with van der Waals surface area (Å²) in [6.07, 6.45) is 5.45. The van der Waals surface area contributed by atoms with Gasteiger partial charge in [0.25, 0.3) is 10.2 Å². The molecule has 4 heterocycles. The summed E-state index contributed by atoms with van der Waals surface area (Å²) in [6.45, 7) is 4.46. The molecule has 1 atom stereocenters. The molecule has 0 amide bonds. The minimum absolute atomic E-state index is 0.199. The van der Waals surface area contributed by atoms with Crippen molar-refractivity contribution in [2.75, 3.05) is 33.7 Å². The molecular weight excluding hydrogens is 364 g/mol. The van der Waals surface area contributed by atoms with Crippen LogP contribution in [0.5, 0.6) is 0 Å². The van der Waals surface area contributed by atoms with Crippen molar-refractivity contribution in [2.24, 2.45) is 0 Å². The summed E-state index contributed by atoms with van der Waals surface area (Å²) in [4.78, 5) is 6.63. The highest BCUT2D eigenvalue weighted by atomic mass is 32.2. The summed E-state index contributed by atoms with van der Waals surface area (Å²) in [5.74, 6) is 0. The fourth-order valence-corrected chi connectivity index (χ4v) is 6.18. The zero-order valence-corrected chi connectivity index (χ0v) is 17.1. The summed E-state index contributed by atoms with van der Waals surface area (Å²) < 4.78 is 31.8. The van der Waals surface area contributed by atoms with E-state index in [9.17, 15) is 8.42 Å². The van der Waals surface area contributed by atoms with Gasteiger partial charge < -0.3 is 4.90 Å². The van der Waals surface area contributed by atoms with Crippen molar-refractivity contribution in [1.82, 2.24) is 28.1 Å². The van der Waals surface area contributed by atoms with Gasteiger partial charge in [0.05, 0.1) is 17.4 Å². The van der Waals surface area contributed by atoms with Crippen LogP contribution in [0.4, 0.5) is 0 Å². The molecule has 0 unspecified atom stereocenters. The van der Waals surface area contributed by atoms with E-state index >= 15 is 0 Å². The van der Waals surface area contributed by atoms with Crippen molar-refractivity contribution in [2.45, 2.75) is 45.2 Å². The van der Waals surface area contributed by atoms with E-state index in [4.69, 9.17) is 0 Å². The molecule has 0 radical (unpaired) electrons. The Bertz CT molecular complexity index is 933. The monoisotopic (exact) mass is 392 g/mol. The molecule has 2 aliphatic heterocycles. The first-order chi connectivity index (χ1) is 12.9. The fraction of sp³-hybridized carbons (Fsp3) is 0.667. The van der Waals surface area contributed by atoms with Gasteiger partial charge in [0, 0.05) is 44.0 Å². The predicted octanol–water partition coefficient (Wildman–Crippen LogP) is 1.58. The van der Waals surface area contributed by atoms with Crippen molar-refractivity contribution < 1.29 is 8.42 Å². The molecule has 2 aromatic heterocycles. The topological polar surface area (TPSA) is 74.1 Å². The molecule has 0 spiro atoms. The number of hydrogen-bond acceptors (Lipinski definition) is 5. The minimum Gasteiger partial charge on any atom is -0.305 e. The molecule has 0 N–H and O–H groups in total. The number of aryl methyl sites for hydroxylation is 1. The van der Waals surface area contributed by atoms with Gasteiger partial charge in [0.2, 0.25) is 0 Å². The van der Waals surface area contributed by atoms with Crippen LogP contribution in [0.3, 0.4) is 0 Å². The quantitative estimate of drug-likeness (QED) is 0.772. The number of rotatable bonds is 5. The summed E-state index contributed by atoms with van der Waals surface area (Å²) >= 11 is 0. The molecule has 148 valence electrons. The van der Waals surface area contributed by atoms with Crippen molar-refractivity contribution in [3.8, 4) is 0 Å². The number of nitrogens with zero attached hydrogens (tertiary/aromatic N) is 6. The Hall–Kier alpha value is -1.55. The van der Waals surface area contributed by atoms with Crippen LogP contribution >= 0.6 is 0 Å². The molecule has 27 heavy (non-hydrogen) atoms. The van der Waals surface area contributed by atoms with Gasteiger partial charge in [-0.1, -0.05) is 0 Å². The molecule has 4 rings (SSSR count). The van der Waals surface area contributed by atoms with E-state index in [0.29, 0.717) is 26.2 Å². The first-order valence-electron chi connectivity index (χ1n) is 9.64. The molecule has 0 bridgehead atoms. The van der Waals surface area contributed by atoms with Gasteiger partial charge in [-0.05, 0) is 46.7 Å². The van der Waals surface area contributed by atoms with Crippen LogP contribution in [0, 0.1) is 6.92 Å². The third kappa shape index (κ3) is 3.37. The molecule has 0 aliphatic carbocycles. The number of hydrogen-bond donors (Lipinski definition) is 0. The second-order valence-corrected chi connectivity index (χ2v) is 9.73. The number of aromatic nitrogens is 3. The first kappa shape index (κ1) is 18.8. The van der Waals surface area contributed by atoms with Crippen LogP contribution in [0.2, 0.25) is 0 Å². The number of fused-ring (bicyclic) bond motifs is 1. The molecule has 0 saturated carbocycles. The van der Waals surface area contributed by atoms with Crippen LogP contribution in [0.25, 0.3) is 5.65 Å². The second-order valence-electron chi connectivity index (χ2n) is 7.84. The van der Waals surface area contributed by atoms with Crippen LogP contribution in [0.1, 0.15) is 48.7 Å². The van der Waals surface area contributed by atoms with Crippen LogP contribution in [-0.4, -0.2) is 70.3 Å². The summed E-state index contributed by atoms with van der Waals surface area (Å²) in [7, 11) is 0.568. The van der Waals surface area contributed by atoms with Gasteiger partial charge in [-0.2, -0.15) is 22.1 Å². The molecule has 0 aromatic carbocycles. The van der Waals surface area contributed by atoms with Crippen molar-refractivity contribution in [3.05, 3.63) is 29.2 Å². The molecule has 2 aliphatic rings. The molecule has 2 aromatic rings. The van der Waals surface area contributed by atoms with Gasteiger partial charge in [-0.15, -0.1) is 0 Å². The zero-order valence-electron chi connectivity index (χ0n) is 16.3. The second kappa shape index (κ2) is 7.12. The van der Waals surface area contributed by atoms with Gasteiger partial charge >= 0.3 is 0 Å². The Balaban J connectivity index is 1.81. The summed E-state index contributed by atoms with van der Waals surface area (Å²) in [6, 6.07) is 1.74. The molecule has 2 fully saturated rings. The van der Waals surface area contributed by atoms with E-state index in [1.54, 1.807) is 8.61 Å². The Morgan fingerprint density at radius 1 is 1.19 bits per heavy atom. The Morgan fingerprint density at radius 3 is 2.63 bits per heavy atom. The van der Waals surface area contributed by atoms with E-state index in [2.05, 4.69) is 15.0 Å². The zero-order chi connectivity index (χ0) is 19.2. The van der Waals surface area contributed by atoms with E-state index in [0.717, 1.165) is 48.3 Å². The maximum absolute atomic E-state index is 13.3. The highest BCUT2D eigenvalue weighted by Gasteiger charge is 2.41. The molecular formula is C18H28N6O2S. The maximum atomic E-state index is 13.3. The van der Waals surface area contributed by atoms with Crippen LogP contribution in [-0.2, 0) is 16.8 Å². The van der Waals surface area contributed by atoms with E-state index in [1.807, 2.05) is 37.8 Å². The average molecular weight is 393 g/mol. The first-order valence-corrected chi connectivity index (χ1v) is 11.0. The lowest BCUT2D eigenvalue weighted by molar-refractivity contribution is 0.335. The standard InChI is InChI=1S/C18H28N6O2S/c1-14-11-17-19-12-15(13-21(2)3)18(24(17)20-14)16-7-6-10-23(16)27(25,26)22-8-4-5-9-22/h11-12,16H,4-10,13H2,1-3H3/t16-/m1/s1. The Morgan fingerprint density at radius 2 is 1.93 bits per heavy atom. The van der Waals surface area contributed by atoms with Gasteiger partial charge in [-0.25, -0.2) is 9.50 Å². The fourth-order valence-electron chi connectivity index (χ4n) is 4.28. The minimum atomic E-state index is -3.45. The third-order valence-corrected chi connectivity index (χ3v) is 7.46. The van der Waals surface area contributed by atoms with E-state index in [1.165, 1.54) is 0 Å². The van der Waals surface area contributed by atoms with Gasteiger partial charge in [0.15, 0.2) is 5.65 Å². The average Bonchev–Trinajstić information content (AvgIpc) is 3.34. The smallest absolute Gasteiger partial charge is 0.282 e. The Labute approximate surface area is 161 Å². The molecule has 9 heteroatoms. The third-order valence-electron chi connectivity index (χ3n) is 5.42. The van der Waals surface area contributed by atoms with Crippen LogP contribution < -0.4 is 0 Å². The van der Waals surface area contributed by atoms with Crippen molar-refractivity contribution >= 4 is 15.9 Å². The molecule has 2 saturated heterocycles. The lowest BCUT2D eigenvalue weighted by Gasteiger charge is -2.30. The predicted molar refractivity (Wildman–Crippen MR) is 104 cm³/mol. The van der Waals surface area contributed by atoms with E-state index in [-0.39, 0.29) is 6.04 Å². The van der Waals surface area contributed by atoms with Gasteiger partial charge in [-0.3, -0.25) is 0 Å². The van der Waals surface area contributed by atoms with Crippen molar-refractivity contribution in [1.29, 1.82) is 0 Å². The largest absolute Gasteiger partial charge is 0.305 e. The lowest BCUT2D eigenvalue weighted by Crippen LogP contribution is -2.42. The van der Waals surface area contributed by atoms with E-state index < -0.39 is 10.2 Å². The Kier molecular flexibility index (Phi) is 4.96.